The number of nitrogens with two attached hydrogens (primary N) is 1. The quantitative estimate of drug-likeness (QED) is 0.876. The second-order valence-electron chi connectivity index (χ2n) is 4.80. The molecule has 2 N–H and O–H groups in total. The summed E-state index contributed by atoms with van der Waals surface area (Å²) in [5.74, 6) is 0.416. The van der Waals surface area contributed by atoms with Crippen molar-refractivity contribution in [3.05, 3.63) is 16.4 Å². The van der Waals surface area contributed by atoms with E-state index in [0.29, 0.717) is 23.8 Å². The van der Waals surface area contributed by atoms with Gasteiger partial charge in [-0.2, -0.15) is 5.10 Å². The van der Waals surface area contributed by atoms with Crippen LogP contribution in [0.4, 0.5) is 0 Å². The monoisotopic (exact) mass is 257 g/mol. The van der Waals surface area contributed by atoms with E-state index in [1.807, 2.05) is 20.8 Å². The van der Waals surface area contributed by atoms with E-state index in [0.717, 1.165) is 11.4 Å². The molecule has 4 nitrogen and oxygen atoms in total. The number of aryl methyl sites for hydroxylation is 2. The molecule has 1 heterocycles. The maximum Gasteiger partial charge on any atom is 0.140 e. The molecule has 17 heavy (non-hydrogen) atoms. The van der Waals surface area contributed by atoms with Gasteiger partial charge in [0.15, 0.2) is 0 Å². The van der Waals surface area contributed by atoms with Crippen molar-refractivity contribution >= 4 is 17.4 Å². The lowest BCUT2D eigenvalue weighted by Gasteiger charge is -2.14. The number of ketones is 1. The third-order valence-electron chi connectivity index (χ3n) is 2.95. The third-order valence-corrected chi connectivity index (χ3v) is 3.44. The van der Waals surface area contributed by atoms with Crippen LogP contribution in [0.25, 0.3) is 0 Å². The van der Waals surface area contributed by atoms with Gasteiger partial charge < -0.3 is 5.73 Å². The molecule has 5 heteroatoms. The second-order valence-corrected chi connectivity index (χ2v) is 5.18. The van der Waals surface area contributed by atoms with Crippen molar-refractivity contribution in [1.82, 2.24) is 9.78 Å². The van der Waals surface area contributed by atoms with Crippen LogP contribution in [0.5, 0.6) is 0 Å². The summed E-state index contributed by atoms with van der Waals surface area (Å²) in [5, 5.41) is 4.76. The SMILES string of the molecule is Cc1nn(C)c(CC(=O)CC(N)C(C)C)c1Cl. The van der Waals surface area contributed by atoms with E-state index in [1.54, 1.807) is 11.7 Å². The molecule has 0 aromatic carbocycles. The van der Waals surface area contributed by atoms with Crippen LogP contribution < -0.4 is 5.73 Å². The maximum absolute atomic E-state index is 11.9. The molecule has 0 spiro atoms. The van der Waals surface area contributed by atoms with Crippen LogP contribution in [-0.4, -0.2) is 21.6 Å². The van der Waals surface area contributed by atoms with Crippen LogP contribution in [0.1, 0.15) is 31.7 Å². The minimum Gasteiger partial charge on any atom is -0.327 e. The Balaban J connectivity index is 2.68. The summed E-state index contributed by atoms with van der Waals surface area (Å²) in [6.07, 6.45) is 0.689. The lowest BCUT2D eigenvalue weighted by molar-refractivity contribution is -0.119. The summed E-state index contributed by atoms with van der Waals surface area (Å²) >= 11 is 6.09. The zero-order valence-electron chi connectivity index (χ0n) is 10.8. The molecule has 1 atom stereocenters. The minimum atomic E-state index is -0.0874. The Morgan fingerprint density at radius 3 is 2.53 bits per heavy atom. The van der Waals surface area contributed by atoms with E-state index in [1.165, 1.54) is 0 Å². The van der Waals surface area contributed by atoms with Crippen LogP contribution in [-0.2, 0) is 18.3 Å². The summed E-state index contributed by atoms with van der Waals surface area (Å²) < 4.78 is 1.66. The van der Waals surface area contributed by atoms with Crippen molar-refractivity contribution in [2.75, 3.05) is 0 Å². The fourth-order valence-corrected chi connectivity index (χ4v) is 1.86. The summed E-state index contributed by atoms with van der Waals surface area (Å²) in [5.41, 5.74) is 7.40. The highest BCUT2D eigenvalue weighted by Gasteiger charge is 2.18. The van der Waals surface area contributed by atoms with E-state index in [2.05, 4.69) is 5.10 Å². The second kappa shape index (κ2) is 5.65. The van der Waals surface area contributed by atoms with Gasteiger partial charge in [0.05, 0.1) is 16.4 Å². The highest BCUT2D eigenvalue weighted by Crippen LogP contribution is 2.20. The van der Waals surface area contributed by atoms with Gasteiger partial charge in [-0.15, -0.1) is 0 Å². The third kappa shape index (κ3) is 3.54. The maximum atomic E-state index is 11.9. The Bertz CT molecular complexity index is 412. The summed E-state index contributed by atoms with van der Waals surface area (Å²) in [7, 11) is 1.80. The molecule has 0 aliphatic heterocycles. The van der Waals surface area contributed by atoms with Crippen molar-refractivity contribution in [3.63, 3.8) is 0 Å². The minimum absolute atomic E-state index is 0.0874. The van der Waals surface area contributed by atoms with E-state index in [4.69, 9.17) is 17.3 Å². The van der Waals surface area contributed by atoms with Gasteiger partial charge in [-0.1, -0.05) is 25.4 Å². The molecule has 0 bridgehead atoms. The van der Waals surface area contributed by atoms with Gasteiger partial charge in [-0.25, -0.2) is 0 Å². The number of Topliss-reactive ketones (excluding diaryl/α,β-unsaturated/α-hetero) is 1. The first-order valence-corrected chi connectivity index (χ1v) is 6.16. The Hall–Kier alpha value is -0.870. The average Bonchev–Trinajstić information content (AvgIpc) is 2.45. The van der Waals surface area contributed by atoms with Crippen LogP contribution in [0.15, 0.2) is 0 Å². The number of carbonyl (C=O) groups excluding carboxylic acids is 1. The number of aromatic nitrogens is 2. The lowest BCUT2D eigenvalue weighted by atomic mass is 9.98. The molecule has 96 valence electrons. The predicted molar refractivity (Wildman–Crippen MR) is 69.1 cm³/mol. The van der Waals surface area contributed by atoms with Crippen LogP contribution >= 0.6 is 11.6 Å². The number of nitrogens with zero attached hydrogens (tertiary/aromatic N) is 2. The molecule has 1 aromatic heterocycles. The van der Waals surface area contributed by atoms with Crippen LogP contribution in [0.3, 0.4) is 0 Å². The summed E-state index contributed by atoms with van der Waals surface area (Å²) in [6, 6.07) is -0.0874. The van der Waals surface area contributed by atoms with Crippen LogP contribution in [0, 0.1) is 12.8 Å². The molecule has 0 fully saturated rings. The average molecular weight is 258 g/mol. The van der Waals surface area contributed by atoms with Crippen molar-refractivity contribution < 1.29 is 4.79 Å². The molecule has 0 saturated carbocycles. The zero-order chi connectivity index (χ0) is 13.2. The molecular formula is C12H20ClN3O. The van der Waals surface area contributed by atoms with E-state index >= 15 is 0 Å². The number of halogens is 1. The Labute approximate surface area is 107 Å². The first-order chi connectivity index (χ1) is 7.82. The van der Waals surface area contributed by atoms with Crippen molar-refractivity contribution in [2.45, 2.75) is 39.7 Å². The van der Waals surface area contributed by atoms with E-state index in [9.17, 15) is 4.79 Å². The largest absolute Gasteiger partial charge is 0.327 e. The van der Waals surface area contributed by atoms with Gasteiger partial charge in [0.25, 0.3) is 0 Å². The highest BCUT2D eigenvalue weighted by molar-refractivity contribution is 6.32. The number of hydrogen-bond donors (Lipinski definition) is 1. The fourth-order valence-electron chi connectivity index (χ4n) is 1.63. The van der Waals surface area contributed by atoms with Gasteiger partial charge in [0.1, 0.15) is 5.78 Å². The van der Waals surface area contributed by atoms with Gasteiger partial charge in [-0.05, 0) is 12.8 Å². The first kappa shape index (κ1) is 14.2. The van der Waals surface area contributed by atoms with Gasteiger partial charge in [0.2, 0.25) is 0 Å². The molecular weight excluding hydrogens is 238 g/mol. The smallest absolute Gasteiger partial charge is 0.140 e. The van der Waals surface area contributed by atoms with E-state index < -0.39 is 0 Å². The molecule has 0 aliphatic rings. The highest BCUT2D eigenvalue weighted by atomic mass is 35.5. The lowest BCUT2D eigenvalue weighted by Crippen LogP contribution is -2.30. The molecule has 0 amide bonds. The molecule has 0 aliphatic carbocycles. The Morgan fingerprint density at radius 2 is 2.12 bits per heavy atom. The molecule has 1 unspecified atom stereocenters. The normalized spacial score (nSPS) is 13.1. The molecule has 1 aromatic rings. The van der Waals surface area contributed by atoms with Crippen molar-refractivity contribution in [3.8, 4) is 0 Å². The Morgan fingerprint density at radius 1 is 1.53 bits per heavy atom. The molecule has 0 saturated heterocycles. The number of carbonyl (C=O) groups is 1. The number of rotatable bonds is 5. The van der Waals surface area contributed by atoms with E-state index in [-0.39, 0.29) is 11.8 Å². The van der Waals surface area contributed by atoms with Gasteiger partial charge in [0, 0.05) is 25.9 Å². The molecule has 1 rings (SSSR count). The first-order valence-electron chi connectivity index (χ1n) is 5.78. The van der Waals surface area contributed by atoms with Crippen molar-refractivity contribution in [1.29, 1.82) is 0 Å². The van der Waals surface area contributed by atoms with Gasteiger partial charge in [-0.3, -0.25) is 9.48 Å². The number of hydrogen-bond acceptors (Lipinski definition) is 3. The topological polar surface area (TPSA) is 60.9 Å². The van der Waals surface area contributed by atoms with Crippen LogP contribution in [0.2, 0.25) is 5.02 Å². The zero-order valence-corrected chi connectivity index (χ0v) is 11.6. The molecule has 0 radical (unpaired) electrons. The van der Waals surface area contributed by atoms with Crippen molar-refractivity contribution in [2.24, 2.45) is 18.7 Å². The van der Waals surface area contributed by atoms with Gasteiger partial charge >= 0.3 is 0 Å². The predicted octanol–water partition coefficient (Wildman–Crippen LogP) is 1.87. The Kier molecular flexibility index (Phi) is 4.71. The standard InChI is InChI=1S/C12H20ClN3O/c1-7(2)10(14)5-9(17)6-11-12(13)8(3)15-16(11)4/h7,10H,5-6,14H2,1-4H3. The summed E-state index contributed by atoms with van der Waals surface area (Å²) in [6.45, 7) is 5.86. The fraction of sp³-hybridized carbons (Fsp3) is 0.667. The summed E-state index contributed by atoms with van der Waals surface area (Å²) in [4.78, 5) is 11.9.